The molecule has 2 aromatic rings. The van der Waals surface area contributed by atoms with Gasteiger partial charge in [0.15, 0.2) is 0 Å². The van der Waals surface area contributed by atoms with Gasteiger partial charge in [0.25, 0.3) is 5.91 Å². The number of carbonyl (C=O) groups excluding carboxylic acids is 4. The molecule has 0 aliphatic heterocycles. The molecule has 0 radical (unpaired) electrons. The van der Waals surface area contributed by atoms with Gasteiger partial charge in [-0.15, -0.1) is 0 Å². The summed E-state index contributed by atoms with van der Waals surface area (Å²) in [7, 11) is 4.56. The maximum Gasteiger partial charge on any atom is 0.326 e. The quantitative estimate of drug-likeness (QED) is 0.0875. The van der Waals surface area contributed by atoms with Crippen molar-refractivity contribution >= 4 is 29.6 Å². The Morgan fingerprint density at radius 3 is 1.74 bits per heavy atom. The first kappa shape index (κ1) is 45.5. The number of aromatic hydroxyl groups is 2. The fraction of sp³-hybridized carbons (Fsp3) is 0.575. The number of aliphatic hydroxyl groups excluding tert-OH is 1. The standard InChI is InChI=1S/C40H61N5O9/c1-9-11-12-13-30(41-6)35(48)37(50)43-33(24(3)4)38(51)45(8)34(25(5)10-2)39(52)44(7)32(23-27-16-20-29(47)21-17-27)36(49)42-31(40(53)54)22-26-14-18-28(46)19-15-26/h14-21,24-25,30-35,41,46-48H,9-13,22-23H2,1-8H3,(H,42,49)(H,43,50)(H,53,54)/t25?,30?,31-,32-,33?,34-,35?/m0/s1. The number of carboxylic acid groups (broad SMARTS) is 1. The molecule has 14 heteroatoms. The van der Waals surface area contributed by atoms with Gasteiger partial charge in [0.05, 0.1) is 0 Å². The Balaban J connectivity index is 2.44. The molecule has 0 aromatic heterocycles. The number of nitrogens with one attached hydrogen (secondary N) is 3. The van der Waals surface area contributed by atoms with Crippen molar-refractivity contribution in [3.8, 4) is 11.5 Å². The summed E-state index contributed by atoms with van der Waals surface area (Å²) in [6.45, 7) is 9.22. The van der Waals surface area contributed by atoms with E-state index in [0.717, 1.165) is 19.3 Å². The number of nitrogens with zero attached hydrogens (tertiary/aromatic N) is 2. The van der Waals surface area contributed by atoms with Crippen molar-refractivity contribution in [3.05, 3.63) is 59.7 Å². The van der Waals surface area contributed by atoms with Gasteiger partial charge in [-0.3, -0.25) is 19.2 Å². The molecule has 0 saturated carbocycles. The van der Waals surface area contributed by atoms with E-state index in [1.165, 1.54) is 48.2 Å². The van der Waals surface area contributed by atoms with Crippen LogP contribution in [0.5, 0.6) is 11.5 Å². The number of unbranched alkanes of at least 4 members (excludes halogenated alkanes) is 2. The number of carboxylic acids is 1. The zero-order chi connectivity index (χ0) is 40.7. The highest BCUT2D eigenvalue weighted by Crippen LogP contribution is 2.22. The van der Waals surface area contributed by atoms with E-state index in [9.17, 15) is 44.4 Å². The van der Waals surface area contributed by atoms with Gasteiger partial charge in [-0.05, 0) is 60.7 Å². The lowest BCUT2D eigenvalue weighted by Gasteiger charge is -2.39. The zero-order valence-corrected chi connectivity index (χ0v) is 32.9. The first-order chi connectivity index (χ1) is 25.5. The Morgan fingerprint density at radius 1 is 0.741 bits per heavy atom. The number of rotatable bonds is 22. The first-order valence-corrected chi connectivity index (χ1v) is 18.7. The number of phenolic OH excluding ortho intramolecular Hbond substituents is 2. The Kier molecular flexibility index (Phi) is 18.4. The van der Waals surface area contributed by atoms with Crippen LogP contribution in [0.4, 0.5) is 0 Å². The Bertz CT molecular complexity index is 1520. The third-order valence-electron chi connectivity index (χ3n) is 10.0. The molecule has 2 rings (SSSR count). The molecular formula is C40H61N5O9. The van der Waals surface area contributed by atoms with Crippen molar-refractivity contribution in [1.29, 1.82) is 0 Å². The van der Waals surface area contributed by atoms with Crippen LogP contribution < -0.4 is 16.0 Å². The van der Waals surface area contributed by atoms with Crippen LogP contribution in [0.2, 0.25) is 0 Å². The SMILES string of the molecule is CCCCCC(NC)C(O)C(=O)NC(C(=O)N(C)[C@H](C(=O)N(C)[C@@H](Cc1ccc(O)cc1)C(=O)N[C@@H](Cc1ccc(O)cc1)C(=O)O)C(C)CC)C(C)C. The number of benzene rings is 2. The average Bonchev–Trinajstić information content (AvgIpc) is 3.14. The first-order valence-electron chi connectivity index (χ1n) is 18.7. The maximum absolute atomic E-state index is 14.5. The van der Waals surface area contributed by atoms with Crippen LogP contribution in [0, 0.1) is 11.8 Å². The minimum atomic E-state index is -1.41. The topological polar surface area (TPSA) is 209 Å². The highest BCUT2D eigenvalue weighted by molar-refractivity contribution is 5.95. The normalized spacial score (nSPS) is 15.2. The van der Waals surface area contributed by atoms with Gasteiger partial charge >= 0.3 is 5.97 Å². The van der Waals surface area contributed by atoms with Crippen LogP contribution >= 0.6 is 0 Å². The number of likely N-dealkylation sites (N-methyl/N-ethyl adjacent to an activating group) is 3. The van der Waals surface area contributed by atoms with Crippen molar-refractivity contribution in [1.82, 2.24) is 25.8 Å². The lowest BCUT2D eigenvalue weighted by molar-refractivity contribution is -0.152. The predicted molar refractivity (Wildman–Crippen MR) is 206 cm³/mol. The number of carbonyl (C=O) groups is 5. The van der Waals surface area contributed by atoms with Gasteiger partial charge in [0, 0.05) is 33.0 Å². The number of aliphatic carboxylic acids is 1. The highest BCUT2D eigenvalue weighted by atomic mass is 16.4. The smallest absolute Gasteiger partial charge is 0.326 e. The molecule has 0 heterocycles. The molecule has 54 heavy (non-hydrogen) atoms. The van der Waals surface area contributed by atoms with Crippen molar-refractivity contribution in [3.63, 3.8) is 0 Å². The van der Waals surface area contributed by atoms with Crippen molar-refractivity contribution in [2.75, 3.05) is 21.1 Å². The number of hydrogen-bond donors (Lipinski definition) is 7. The minimum absolute atomic E-state index is 0.00159. The lowest BCUT2D eigenvalue weighted by atomic mass is 9.93. The van der Waals surface area contributed by atoms with Gasteiger partial charge in [-0.25, -0.2) is 4.79 Å². The third-order valence-corrected chi connectivity index (χ3v) is 10.0. The molecule has 4 unspecified atom stereocenters. The molecule has 0 aliphatic rings. The Hall–Kier alpha value is -4.69. The molecule has 7 N–H and O–H groups in total. The number of hydrogen-bond acceptors (Lipinski definition) is 9. The third kappa shape index (κ3) is 13.0. The van der Waals surface area contributed by atoms with Crippen LogP contribution in [-0.4, -0.2) is 117 Å². The van der Waals surface area contributed by atoms with E-state index < -0.39 is 77.7 Å². The van der Waals surface area contributed by atoms with Crippen LogP contribution in [0.3, 0.4) is 0 Å². The summed E-state index contributed by atoms with van der Waals surface area (Å²) in [6, 6.07) is 6.68. The van der Waals surface area contributed by atoms with E-state index in [0.29, 0.717) is 24.0 Å². The monoisotopic (exact) mass is 755 g/mol. The van der Waals surface area contributed by atoms with Gasteiger partial charge in [0.1, 0.15) is 41.8 Å². The van der Waals surface area contributed by atoms with E-state index in [1.807, 2.05) is 6.92 Å². The van der Waals surface area contributed by atoms with Crippen molar-refractivity contribution in [2.24, 2.45) is 11.8 Å². The molecular weight excluding hydrogens is 694 g/mol. The summed E-state index contributed by atoms with van der Waals surface area (Å²) >= 11 is 0. The molecule has 2 aromatic carbocycles. The maximum atomic E-state index is 14.5. The Labute approximate surface area is 319 Å². The summed E-state index contributed by atoms with van der Waals surface area (Å²) < 4.78 is 0. The summed E-state index contributed by atoms with van der Waals surface area (Å²) in [5.41, 5.74) is 1.13. The largest absolute Gasteiger partial charge is 0.508 e. The van der Waals surface area contributed by atoms with E-state index in [1.54, 1.807) is 52.1 Å². The van der Waals surface area contributed by atoms with E-state index in [2.05, 4.69) is 22.9 Å². The number of aliphatic hydroxyl groups is 1. The van der Waals surface area contributed by atoms with Crippen molar-refractivity contribution in [2.45, 2.75) is 116 Å². The molecule has 0 spiro atoms. The highest BCUT2D eigenvalue weighted by Gasteiger charge is 2.41. The average molecular weight is 756 g/mol. The van der Waals surface area contributed by atoms with Gasteiger partial charge in [-0.1, -0.05) is 84.6 Å². The molecule has 300 valence electrons. The van der Waals surface area contributed by atoms with Crippen molar-refractivity contribution < 1.29 is 44.4 Å². The Morgan fingerprint density at radius 2 is 1.28 bits per heavy atom. The summed E-state index contributed by atoms with van der Waals surface area (Å²) in [5.74, 6) is -4.71. The summed E-state index contributed by atoms with van der Waals surface area (Å²) in [5, 5.41) is 48.7. The van der Waals surface area contributed by atoms with Crippen LogP contribution in [0.1, 0.15) is 77.8 Å². The fourth-order valence-electron chi connectivity index (χ4n) is 6.34. The van der Waals surface area contributed by atoms with Crippen LogP contribution in [0.15, 0.2) is 48.5 Å². The molecule has 0 fully saturated rings. The van der Waals surface area contributed by atoms with Crippen LogP contribution in [-0.2, 0) is 36.8 Å². The molecule has 0 saturated heterocycles. The second-order valence-corrected chi connectivity index (χ2v) is 14.5. The van der Waals surface area contributed by atoms with Gasteiger partial charge < -0.3 is 46.2 Å². The molecule has 0 aliphatic carbocycles. The lowest BCUT2D eigenvalue weighted by Crippen LogP contribution is -2.61. The second-order valence-electron chi connectivity index (χ2n) is 14.5. The number of phenols is 2. The molecule has 0 bridgehead atoms. The summed E-state index contributed by atoms with van der Waals surface area (Å²) in [4.78, 5) is 70.8. The predicted octanol–water partition coefficient (Wildman–Crippen LogP) is 2.82. The molecule has 7 atom stereocenters. The second kappa shape index (κ2) is 21.9. The van der Waals surface area contributed by atoms with E-state index in [4.69, 9.17) is 0 Å². The van der Waals surface area contributed by atoms with Gasteiger partial charge in [-0.2, -0.15) is 0 Å². The van der Waals surface area contributed by atoms with E-state index in [-0.39, 0.29) is 24.3 Å². The summed E-state index contributed by atoms with van der Waals surface area (Å²) in [6.07, 6.45) is 2.23. The van der Waals surface area contributed by atoms with Gasteiger partial charge in [0.2, 0.25) is 17.7 Å². The molecule has 4 amide bonds. The van der Waals surface area contributed by atoms with E-state index >= 15 is 0 Å². The van der Waals surface area contributed by atoms with Crippen LogP contribution in [0.25, 0.3) is 0 Å². The molecule has 14 nitrogen and oxygen atoms in total. The number of amides is 4. The zero-order valence-electron chi connectivity index (χ0n) is 32.9. The fourth-order valence-corrected chi connectivity index (χ4v) is 6.34. The minimum Gasteiger partial charge on any atom is -0.508 e.